The van der Waals surface area contributed by atoms with E-state index >= 15 is 0 Å². The van der Waals surface area contributed by atoms with Crippen molar-refractivity contribution in [1.82, 2.24) is 4.90 Å². The highest BCUT2D eigenvalue weighted by molar-refractivity contribution is 8.26. The maximum atomic E-state index is 12.9. The summed E-state index contributed by atoms with van der Waals surface area (Å²) >= 11 is 6.49. The molecular formula is C21H19FN2O4S2. The summed E-state index contributed by atoms with van der Waals surface area (Å²) in [6.07, 6.45) is 2.31. The molecule has 0 radical (unpaired) electrons. The molecule has 0 aromatic heterocycles. The summed E-state index contributed by atoms with van der Waals surface area (Å²) in [5, 5.41) is 12.4. The van der Waals surface area contributed by atoms with Crippen LogP contribution in [-0.2, 0) is 9.59 Å². The van der Waals surface area contributed by atoms with Gasteiger partial charge >= 0.3 is 0 Å². The number of phenols is 1. The predicted octanol–water partition coefficient (Wildman–Crippen LogP) is 4.16. The number of anilines is 1. The Morgan fingerprint density at radius 3 is 2.73 bits per heavy atom. The van der Waals surface area contributed by atoms with Crippen molar-refractivity contribution >= 4 is 51.9 Å². The van der Waals surface area contributed by atoms with Crippen molar-refractivity contribution in [1.29, 1.82) is 0 Å². The number of carbonyl (C=O) groups excluding carboxylic acids is 2. The van der Waals surface area contributed by atoms with Gasteiger partial charge in [0.2, 0.25) is 5.91 Å². The number of rotatable bonds is 7. The summed E-state index contributed by atoms with van der Waals surface area (Å²) in [6.45, 7) is 0.317. The van der Waals surface area contributed by atoms with Crippen molar-refractivity contribution in [3.63, 3.8) is 0 Å². The minimum atomic E-state index is -0.374. The molecule has 2 N–H and O–H groups in total. The van der Waals surface area contributed by atoms with E-state index in [-0.39, 0.29) is 29.8 Å². The second kappa shape index (κ2) is 9.73. The van der Waals surface area contributed by atoms with Crippen LogP contribution in [-0.4, -0.2) is 39.8 Å². The number of halogens is 1. The Balaban J connectivity index is 1.56. The molecule has 1 heterocycles. The lowest BCUT2D eigenvalue weighted by Crippen LogP contribution is -2.29. The third kappa shape index (κ3) is 5.37. The lowest BCUT2D eigenvalue weighted by atomic mass is 10.2. The number of methoxy groups -OCH3 is 1. The number of thioether (sulfide) groups is 1. The summed E-state index contributed by atoms with van der Waals surface area (Å²) in [7, 11) is 1.45. The van der Waals surface area contributed by atoms with E-state index in [1.807, 2.05) is 0 Å². The maximum absolute atomic E-state index is 12.9. The summed E-state index contributed by atoms with van der Waals surface area (Å²) < 4.78 is 18.4. The van der Waals surface area contributed by atoms with E-state index in [1.165, 1.54) is 54.1 Å². The van der Waals surface area contributed by atoms with Crippen LogP contribution >= 0.6 is 24.0 Å². The van der Waals surface area contributed by atoms with Gasteiger partial charge in [0.1, 0.15) is 10.1 Å². The highest BCUT2D eigenvalue weighted by Crippen LogP contribution is 2.34. The van der Waals surface area contributed by atoms with E-state index in [9.17, 15) is 19.1 Å². The molecule has 2 aromatic carbocycles. The molecule has 1 saturated heterocycles. The molecule has 30 heavy (non-hydrogen) atoms. The summed E-state index contributed by atoms with van der Waals surface area (Å²) in [6, 6.07) is 10.3. The Kier molecular flexibility index (Phi) is 7.07. The number of amides is 2. The normalized spacial score (nSPS) is 15.0. The molecule has 0 bridgehead atoms. The lowest BCUT2D eigenvalue weighted by Gasteiger charge is -2.14. The molecular weight excluding hydrogens is 427 g/mol. The first-order chi connectivity index (χ1) is 14.4. The first-order valence-electron chi connectivity index (χ1n) is 9.05. The van der Waals surface area contributed by atoms with Gasteiger partial charge in [0, 0.05) is 18.7 Å². The number of nitrogens with one attached hydrogen (secondary N) is 1. The van der Waals surface area contributed by atoms with Crippen LogP contribution < -0.4 is 10.1 Å². The van der Waals surface area contributed by atoms with Gasteiger partial charge in [0.15, 0.2) is 11.5 Å². The van der Waals surface area contributed by atoms with Gasteiger partial charge in [-0.3, -0.25) is 14.5 Å². The van der Waals surface area contributed by atoms with E-state index in [0.29, 0.717) is 39.2 Å². The Morgan fingerprint density at radius 2 is 2.03 bits per heavy atom. The number of thiocarbonyl (C=S) groups is 1. The highest BCUT2D eigenvalue weighted by Gasteiger charge is 2.31. The molecule has 0 aliphatic carbocycles. The number of ether oxygens (including phenoxy) is 1. The molecule has 0 spiro atoms. The number of phenolic OH excluding ortho intramolecular Hbond substituents is 1. The van der Waals surface area contributed by atoms with Gasteiger partial charge in [0.25, 0.3) is 5.91 Å². The fourth-order valence-corrected chi connectivity index (χ4v) is 4.09. The van der Waals surface area contributed by atoms with E-state index in [1.54, 1.807) is 18.2 Å². The first kappa shape index (κ1) is 21.8. The molecule has 3 rings (SSSR count). The van der Waals surface area contributed by atoms with Crippen LogP contribution in [0.15, 0.2) is 47.4 Å². The summed E-state index contributed by atoms with van der Waals surface area (Å²) in [5.41, 5.74) is 1.21. The maximum Gasteiger partial charge on any atom is 0.266 e. The van der Waals surface area contributed by atoms with Crippen LogP contribution in [0.4, 0.5) is 10.1 Å². The Bertz CT molecular complexity index is 1010. The molecule has 1 aliphatic heterocycles. The van der Waals surface area contributed by atoms with E-state index in [2.05, 4.69) is 5.32 Å². The van der Waals surface area contributed by atoms with E-state index in [4.69, 9.17) is 17.0 Å². The highest BCUT2D eigenvalue weighted by atomic mass is 32.2. The summed E-state index contributed by atoms with van der Waals surface area (Å²) in [4.78, 5) is 26.6. The molecule has 0 saturated carbocycles. The number of hydrogen-bond donors (Lipinski definition) is 2. The number of benzene rings is 2. The Hall–Kier alpha value is -2.91. The minimum Gasteiger partial charge on any atom is -0.504 e. The molecule has 156 valence electrons. The van der Waals surface area contributed by atoms with E-state index in [0.717, 1.165) is 0 Å². The smallest absolute Gasteiger partial charge is 0.266 e. The van der Waals surface area contributed by atoms with Gasteiger partial charge in [-0.1, -0.05) is 30.0 Å². The molecule has 0 atom stereocenters. The third-order valence-electron chi connectivity index (χ3n) is 4.29. The summed E-state index contributed by atoms with van der Waals surface area (Å²) in [5.74, 6) is -0.497. The van der Waals surface area contributed by atoms with Gasteiger partial charge in [-0.2, -0.15) is 0 Å². The largest absolute Gasteiger partial charge is 0.504 e. The van der Waals surface area contributed by atoms with Crippen molar-refractivity contribution in [2.24, 2.45) is 0 Å². The van der Waals surface area contributed by atoms with Gasteiger partial charge in [-0.25, -0.2) is 4.39 Å². The van der Waals surface area contributed by atoms with Crippen LogP contribution in [0, 0.1) is 5.82 Å². The number of hydrogen-bond acceptors (Lipinski definition) is 6. The lowest BCUT2D eigenvalue weighted by molar-refractivity contribution is -0.122. The molecule has 6 nitrogen and oxygen atoms in total. The second-order valence-corrected chi connectivity index (χ2v) is 8.10. The first-order valence-corrected chi connectivity index (χ1v) is 10.3. The fourth-order valence-electron chi connectivity index (χ4n) is 2.78. The number of aromatic hydroxyl groups is 1. The second-order valence-electron chi connectivity index (χ2n) is 6.42. The zero-order chi connectivity index (χ0) is 21.7. The third-order valence-corrected chi connectivity index (χ3v) is 5.67. The van der Waals surface area contributed by atoms with Gasteiger partial charge in [0.05, 0.1) is 12.0 Å². The number of carbonyl (C=O) groups is 2. The SMILES string of the molecule is COc1cc(/C=C2\SC(=S)N(CCCC(=O)Nc3ccc(F)cc3)C2=O)ccc1O. The van der Waals surface area contributed by atoms with Gasteiger partial charge in [-0.15, -0.1) is 0 Å². The van der Waals surface area contributed by atoms with Crippen molar-refractivity contribution in [2.45, 2.75) is 12.8 Å². The van der Waals surface area contributed by atoms with Gasteiger partial charge in [-0.05, 0) is 54.5 Å². The average molecular weight is 447 g/mol. The molecule has 9 heteroatoms. The predicted molar refractivity (Wildman–Crippen MR) is 119 cm³/mol. The van der Waals surface area contributed by atoms with Crippen molar-refractivity contribution in [3.05, 3.63) is 58.8 Å². The quantitative estimate of drug-likeness (QED) is 0.491. The topological polar surface area (TPSA) is 78.9 Å². The van der Waals surface area contributed by atoms with Crippen molar-refractivity contribution in [2.75, 3.05) is 19.0 Å². The fraction of sp³-hybridized carbons (Fsp3) is 0.190. The standard InChI is InChI=1S/C21H19FN2O4S2/c1-28-17-11-13(4-9-16(17)25)12-18-20(27)24(21(29)30-18)10-2-3-19(26)23-15-7-5-14(22)6-8-15/h4-9,11-12,25H,2-3,10H2,1H3,(H,23,26)/b18-12-. The number of nitrogens with zero attached hydrogens (tertiary/aromatic N) is 1. The monoisotopic (exact) mass is 446 g/mol. The van der Waals surface area contributed by atoms with Crippen molar-refractivity contribution in [3.8, 4) is 11.5 Å². The Labute approximate surface area is 182 Å². The van der Waals surface area contributed by atoms with Crippen molar-refractivity contribution < 1.29 is 23.8 Å². The molecule has 1 aliphatic rings. The molecule has 2 amide bonds. The Morgan fingerprint density at radius 1 is 1.30 bits per heavy atom. The van der Waals surface area contributed by atoms with Crippen LogP contribution in [0.25, 0.3) is 6.08 Å². The zero-order valence-corrected chi connectivity index (χ0v) is 17.7. The van der Waals surface area contributed by atoms with Crippen LogP contribution in [0.1, 0.15) is 18.4 Å². The molecule has 0 unspecified atom stereocenters. The molecule has 1 fully saturated rings. The molecule has 2 aromatic rings. The average Bonchev–Trinajstić information content (AvgIpc) is 2.98. The minimum absolute atomic E-state index is 0.0149. The zero-order valence-electron chi connectivity index (χ0n) is 16.1. The van der Waals surface area contributed by atoms with Crippen LogP contribution in [0.3, 0.4) is 0 Å². The van der Waals surface area contributed by atoms with Gasteiger partial charge < -0.3 is 15.2 Å². The van der Waals surface area contributed by atoms with Crippen LogP contribution in [0.5, 0.6) is 11.5 Å². The van der Waals surface area contributed by atoms with Crippen LogP contribution in [0.2, 0.25) is 0 Å². The van der Waals surface area contributed by atoms with E-state index < -0.39 is 0 Å².